The molecule has 3 heterocycles. The van der Waals surface area contributed by atoms with E-state index in [9.17, 15) is 14.4 Å². The second-order valence-corrected chi connectivity index (χ2v) is 8.70. The van der Waals surface area contributed by atoms with Crippen LogP contribution >= 0.6 is 0 Å². The molecule has 1 aromatic heterocycles. The number of nitrogens with one attached hydrogen (secondary N) is 3. The molecular weight excluding hydrogens is 422 g/mol. The fourth-order valence-electron chi connectivity index (χ4n) is 4.46. The zero-order chi connectivity index (χ0) is 23.0. The fraction of sp³-hybridized carbons (Fsp3) is 0.333. The molecule has 9 nitrogen and oxygen atoms in total. The third-order valence-electron chi connectivity index (χ3n) is 6.36. The zero-order valence-corrected chi connectivity index (χ0v) is 18.3. The number of aromatic nitrogens is 1. The van der Waals surface area contributed by atoms with Gasteiger partial charge in [0.05, 0.1) is 5.92 Å². The molecule has 5 rings (SSSR count). The number of hydrogen-bond donors (Lipinski definition) is 3. The number of piperidine rings is 1. The molecule has 170 valence electrons. The summed E-state index contributed by atoms with van der Waals surface area (Å²) >= 11 is 0. The Bertz CT molecular complexity index is 1210. The zero-order valence-electron chi connectivity index (χ0n) is 18.3. The lowest BCUT2D eigenvalue weighted by molar-refractivity contribution is -0.123. The van der Waals surface area contributed by atoms with Gasteiger partial charge in [0.1, 0.15) is 11.1 Å². The second-order valence-electron chi connectivity index (χ2n) is 8.70. The van der Waals surface area contributed by atoms with Gasteiger partial charge < -0.3 is 20.0 Å². The Balaban J connectivity index is 1.23. The molecule has 3 aromatic rings. The second kappa shape index (κ2) is 8.23. The minimum Gasteiger partial charge on any atom is -0.440 e. The number of carbonyl (C=O) groups is 3. The molecular formula is C24H25N5O4. The molecule has 2 aliphatic rings. The summed E-state index contributed by atoms with van der Waals surface area (Å²) in [7, 11) is 0. The summed E-state index contributed by atoms with van der Waals surface area (Å²) in [6.07, 6.45) is 1.80. The van der Waals surface area contributed by atoms with Crippen LogP contribution in [0.25, 0.3) is 11.1 Å². The molecule has 2 fully saturated rings. The van der Waals surface area contributed by atoms with Crippen molar-refractivity contribution in [3.8, 4) is 0 Å². The van der Waals surface area contributed by atoms with Gasteiger partial charge >= 0.3 is 12.1 Å². The van der Waals surface area contributed by atoms with Crippen molar-refractivity contribution in [1.29, 1.82) is 0 Å². The Morgan fingerprint density at radius 1 is 1.24 bits per heavy atom. The first-order valence-electron chi connectivity index (χ1n) is 11.0. The summed E-state index contributed by atoms with van der Waals surface area (Å²) < 4.78 is 5.92. The smallest absolute Gasteiger partial charge is 0.322 e. The number of nitrogens with zero attached hydrogens (tertiary/aromatic N) is 2. The number of likely N-dealkylation sites (tertiary alicyclic amines) is 1. The number of carbonyl (C=O) groups excluding carboxylic acids is 3. The Morgan fingerprint density at radius 3 is 2.88 bits per heavy atom. The molecule has 0 aliphatic carbocycles. The maximum absolute atomic E-state index is 12.9. The quantitative estimate of drug-likeness (QED) is 0.532. The first kappa shape index (κ1) is 21.0. The van der Waals surface area contributed by atoms with Crippen LogP contribution in [0, 0.1) is 0 Å². The van der Waals surface area contributed by atoms with E-state index in [0.29, 0.717) is 31.1 Å². The summed E-state index contributed by atoms with van der Waals surface area (Å²) in [6.45, 7) is 3.18. The minimum atomic E-state index is -1.13. The fourth-order valence-corrected chi connectivity index (χ4v) is 4.46. The molecule has 9 heteroatoms. The van der Waals surface area contributed by atoms with E-state index in [2.05, 4.69) is 20.9 Å². The average molecular weight is 447 g/mol. The van der Waals surface area contributed by atoms with Gasteiger partial charge in [-0.05, 0) is 43.0 Å². The lowest BCUT2D eigenvalue weighted by Gasteiger charge is -2.31. The molecule has 0 radical (unpaired) electrons. The molecule has 2 unspecified atom stereocenters. The molecule has 0 saturated carbocycles. The van der Waals surface area contributed by atoms with E-state index >= 15 is 0 Å². The van der Waals surface area contributed by atoms with Crippen molar-refractivity contribution in [2.75, 3.05) is 13.1 Å². The number of benzene rings is 2. The summed E-state index contributed by atoms with van der Waals surface area (Å²) in [5.74, 6) is 0.337. The van der Waals surface area contributed by atoms with E-state index < -0.39 is 17.5 Å². The third-order valence-corrected chi connectivity index (χ3v) is 6.36. The van der Waals surface area contributed by atoms with E-state index in [1.165, 1.54) is 0 Å². The first-order chi connectivity index (χ1) is 15.9. The Morgan fingerprint density at radius 2 is 2.09 bits per heavy atom. The largest absolute Gasteiger partial charge is 0.440 e. The molecule has 2 atom stereocenters. The number of hydrogen-bond acceptors (Lipinski definition) is 5. The molecule has 5 amide bonds. The first-order valence-corrected chi connectivity index (χ1v) is 11.0. The summed E-state index contributed by atoms with van der Waals surface area (Å²) in [5.41, 5.74) is 1.95. The van der Waals surface area contributed by atoms with Crippen LogP contribution in [0.4, 0.5) is 9.59 Å². The van der Waals surface area contributed by atoms with Gasteiger partial charge in [-0.3, -0.25) is 10.1 Å². The third kappa shape index (κ3) is 4.02. The van der Waals surface area contributed by atoms with Crippen molar-refractivity contribution in [2.24, 2.45) is 0 Å². The highest BCUT2D eigenvalue weighted by molar-refractivity contribution is 6.07. The Hall–Kier alpha value is -3.88. The van der Waals surface area contributed by atoms with Crippen molar-refractivity contribution < 1.29 is 18.8 Å². The van der Waals surface area contributed by atoms with Gasteiger partial charge in [-0.25, -0.2) is 14.6 Å². The maximum Gasteiger partial charge on any atom is 0.322 e. The monoisotopic (exact) mass is 447 g/mol. The summed E-state index contributed by atoms with van der Waals surface area (Å²) in [4.78, 5) is 43.0. The Kier molecular flexibility index (Phi) is 5.24. The molecule has 0 bridgehead atoms. The van der Waals surface area contributed by atoms with E-state index in [-0.39, 0.29) is 11.9 Å². The van der Waals surface area contributed by atoms with Crippen LogP contribution in [0.2, 0.25) is 0 Å². The number of rotatable bonds is 4. The molecule has 33 heavy (non-hydrogen) atoms. The topological polar surface area (TPSA) is 117 Å². The van der Waals surface area contributed by atoms with Gasteiger partial charge in [-0.1, -0.05) is 36.4 Å². The van der Waals surface area contributed by atoms with Crippen molar-refractivity contribution in [3.63, 3.8) is 0 Å². The van der Waals surface area contributed by atoms with Gasteiger partial charge in [-0.2, -0.15) is 0 Å². The summed E-state index contributed by atoms with van der Waals surface area (Å²) in [5, 5.41) is 7.89. The molecule has 3 N–H and O–H groups in total. The lowest BCUT2D eigenvalue weighted by Crippen LogP contribution is -2.44. The van der Waals surface area contributed by atoms with Crippen LogP contribution < -0.4 is 16.0 Å². The van der Waals surface area contributed by atoms with Crippen molar-refractivity contribution in [2.45, 2.75) is 37.8 Å². The molecule has 2 aliphatic heterocycles. The maximum atomic E-state index is 12.9. The van der Waals surface area contributed by atoms with Crippen LogP contribution in [-0.4, -0.2) is 40.9 Å². The van der Waals surface area contributed by atoms with E-state index in [1.807, 2.05) is 42.5 Å². The van der Waals surface area contributed by atoms with Crippen LogP contribution in [0.3, 0.4) is 0 Å². The van der Waals surface area contributed by atoms with Gasteiger partial charge in [0.15, 0.2) is 11.5 Å². The Labute approximate surface area is 190 Å². The number of oxazole rings is 1. The van der Waals surface area contributed by atoms with Gasteiger partial charge in [0.25, 0.3) is 5.91 Å². The molecule has 2 saturated heterocycles. The highest BCUT2D eigenvalue weighted by Crippen LogP contribution is 2.29. The number of imide groups is 1. The minimum absolute atomic E-state index is 0.0599. The van der Waals surface area contributed by atoms with Gasteiger partial charge in [0, 0.05) is 19.6 Å². The number of para-hydroxylation sites is 2. The average Bonchev–Trinajstić information content (AvgIpc) is 3.38. The van der Waals surface area contributed by atoms with Crippen molar-refractivity contribution >= 4 is 29.1 Å². The predicted octanol–water partition coefficient (Wildman–Crippen LogP) is 2.97. The normalized spacial score (nSPS) is 22.8. The van der Waals surface area contributed by atoms with E-state index in [4.69, 9.17) is 4.42 Å². The van der Waals surface area contributed by atoms with E-state index in [1.54, 1.807) is 17.9 Å². The van der Waals surface area contributed by atoms with Gasteiger partial charge in [0.2, 0.25) is 0 Å². The van der Waals surface area contributed by atoms with Crippen LogP contribution in [0.1, 0.15) is 42.7 Å². The van der Waals surface area contributed by atoms with Crippen LogP contribution in [0.5, 0.6) is 0 Å². The van der Waals surface area contributed by atoms with Crippen molar-refractivity contribution in [3.05, 3.63) is 65.5 Å². The molecule has 2 aromatic carbocycles. The number of amides is 5. The van der Waals surface area contributed by atoms with E-state index in [0.717, 1.165) is 29.5 Å². The molecule has 0 spiro atoms. The van der Waals surface area contributed by atoms with Crippen molar-refractivity contribution in [1.82, 2.24) is 25.8 Å². The predicted molar refractivity (Wildman–Crippen MR) is 120 cm³/mol. The summed E-state index contributed by atoms with van der Waals surface area (Å²) in [6, 6.07) is 14.3. The lowest BCUT2D eigenvalue weighted by atomic mass is 9.91. The van der Waals surface area contributed by atoms with Crippen LogP contribution in [-0.2, 0) is 16.9 Å². The number of fused-ring (bicyclic) bond motifs is 1. The SMILES string of the molecule is CC1(c2cccc(CNC(=O)N3CCCC(c4nc5ccccc5o4)C3)c2)NC(=O)NC1=O. The highest BCUT2D eigenvalue weighted by Gasteiger charge is 2.43. The highest BCUT2D eigenvalue weighted by atomic mass is 16.3. The van der Waals surface area contributed by atoms with Gasteiger partial charge in [-0.15, -0.1) is 0 Å². The van der Waals surface area contributed by atoms with Crippen LogP contribution in [0.15, 0.2) is 52.9 Å². The number of urea groups is 2. The standard InChI is InChI=1S/C24H25N5O4/c1-24(21(30)27-22(31)28-24)17-8-4-6-15(12-17)13-25-23(32)29-11-5-7-16(14-29)20-26-18-9-2-3-10-19(18)33-20/h2-4,6,8-10,12,16H,5,7,11,13-14H2,1H3,(H,25,32)(H2,27,28,30,31).